The molecule has 0 spiro atoms. The van der Waals surface area contributed by atoms with Gasteiger partial charge in [0.2, 0.25) is 0 Å². The molecule has 3 aromatic rings. The van der Waals surface area contributed by atoms with E-state index in [2.05, 4.69) is 9.97 Å². The number of ketones is 1. The fraction of sp³-hybridized carbons (Fsp3) is 0.222. The van der Waals surface area contributed by atoms with Gasteiger partial charge in [0.15, 0.2) is 11.6 Å². The van der Waals surface area contributed by atoms with E-state index in [-0.39, 0.29) is 18.9 Å². The van der Waals surface area contributed by atoms with Crippen LogP contribution in [0.15, 0.2) is 30.7 Å². The maximum Gasteiger partial charge on any atom is 0.323 e. The molecule has 0 amide bonds. The summed E-state index contributed by atoms with van der Waals surface area (Å²) in [5.41, 5.74) is 3.64. The van der Waals surface area contributed by atoms with Gasteiger partial charge in [-0.2, -0.15) is 0 Å². The summed E-state index contributed by atoms with van der Waals surface area (Å²) in [6.45, 7) is 2.89. The van der Waals surface area contributed by atoms with Crippen molar-refractivity contribution in [2.75, 3.05) is 0 Å². The number of carboxylic acids is 1. The van der Waals surface area contributed by atoms with Gasteiger partial charge in [0.05, 0.1) is 5.52 Å². The van der Waals surface area contributed by atoms with Gasteiger partial charge >= 0.3 is 5.97 Å². The fourth-order valence-electron chi connectivity index (χ4n) is 2.96. The van der Waals surface area contributed by atoms with Crippen molar-refractivity contribution in [1.82, 2.24) is 14.5 Å². The number of aryl methyl sites for hydroxylation is 1. The highest BCUT2D eigenvalue weighted by Crippen LogP contribution is 2.31. The number of aliphatic carboxylic acids is 1. The van der Waals surface area contributed by atoms with Gasteiger partial charge < -0.3 is 14.8 Å². The van der Waals surface area contributed by atoms with E-state index in [9.17, 15) is 9.59 Å². The van der Waals surface area contributed by atoms with Crippen LogP contribution >= 0.6 is 0 Å². The first kappa shape index (κ1) is 16.8. The Morgan fingerprint density at radius 3 is 2.40 bits per heavy atom. The molecule has 1 aromatic carbocycles. The smallest absolute Gasteiger partial charge is 0.323 e. The standard InChI is InChI=1S/C18H17N3O4/c1-10-3-12(13-5-19-16(9-22)20-6-13)4-14-15(11(2)23)7-21(18(10)14)8-17(24)25/h3-7,22H,8-9H2,1-2H3,(H,24,25). The zero-order valence-corrected chi connectivity index (χ0v) is 13.9. The van der Waals surface area contributed by atoms with E-state index in [0.29, 0.717) is 16.8 Å². The summed E-state index contributed by atoms with van der Waals surface area (Å²) < 4.78 is 1.58. The SMILES string of the molecule is CC(=O)c1cn(CC(=O)O)c2c(C)cc(-c3cnc(CO)nc3)cc12. The minimum atomic E-state index is -0.969. The number of hydrogen-bond donors (Lipinski definition) is 2. The first-order chi connectivity index (χ1) is 11.9. The van der Waals surface area contributed by atoms with Crippen LogP contribution in [0.1, 0.15) is 28.7 Å². The molecule has 7 nitrogen and oxygen atoms in total. The third kappa shape index (κ3) is 3.14. The molecular weight excluding hydrogens is 322 g/mol. The number of nitrogens with zero attached hydrogens (tertiary/aromatic N) is 3. The van der Waals surface area contributed by atoms with Crippen LogP contribution in [-0.4, -0.2) is 36.5 Å². The summed E-state index contributed by atoms with van der Waals surface area (Å²) >= 11 is 0. The van der Waals surface area contributed by atoms with E-state index < -0.39 is 5.97 Å². The Bertz CT molecular complexity index is 974. The van der Waals surface area contributed by atoms with E-state index in [1.165, 1.54) is 6.92 Å². The van der Waals surface area contributed by atoms with Gasteiger partial charge in [-0.3, -0.25) is 9.59 Å². The average molecular weight is 339 g/mol. The molecule has 0 aliphatic rings. The summed E-state index contributed by atoms with van der Waals surface area (Å²) in [5, 5.41) is 18.9. The van der Waals surface area contributed by atoms with Crippen LogP contribution in [0.5, 0.6) is 0 Å². The van der Waals surface area contributed by atoms with Gasteiger partial charge in [0.1, 0.15) is 13.2 Å². The van der Waals surface area contributed by atoms with Crippen LogP contribution in [0.25, 0.3) is 22.0 Å². The average Bonchev–Trinajstić information content (AvgIpc) is 2.93. The Balaban J connectivity index is 2.21. The number of aliphatic hydroxyl groups is 1. The Morgan fingerprint density at radius 1 is 1.16 bits per heavy atom. The minimum Gasteiger partial charge on any atom is -0.480 e. The second kappa shape index (κ2) is 6.45. The van der Waals surface area contributed by atoms with Crippen molar-refractivity contribution in [3.63, 3.8) is 0 Å². The van der Waals surface area contributed by atoms with Crippen molar-refractivity contribution in [3.8, 4) is 11.1 Å². The predicted octanol–water partition coefficient (Wildman–Crippen LogP) is 2.19. The molecule has 2 N–H and O–H groups in total. The number of carbonyl (C=O) groups is 2. The third-order valence-corrected chi connectivity index (χ3v) is 4.03. The fourth-order valence-corrected chi connectivity index (χ4v) is 2.96. The van der Waals surface area contributed by atoms with Crippen LogP contribution < -0.4 is 0 Å². The first-order valence-corrected chi connectivity index (χ1v) is 7.69. The number of carboxylic acid groups (broad SMARTS) is 1. The molecule has 25 heavy (non-hydrogen) atoms. The molecule has 0 aliphatic heterocycles. The molecule has 0 saturated carbocycles. The molecule has 0 unspecified atom stereocenters. The highest BCUT2D eigenvalue weighted by atomic mass is 16.4. The Kier molecular flexibility index (Phi) is 4.33. The molecule has 0 radical (unpaired) electrons. The molecule has 2 heterocycles. The zero-order chi connectivity index (χ0) is 18.1. The second-order valence-corrected chi connectivity index (χ2v) is 5.86. The van der Waals surface area contributed by atoms with Crippen molar-refractivity contribution in [2.45, 2.75) is 27.0 Å². The zero-order valence-electron chi connectivity index (χ0n) is 13.9. The van der Waals surface area contributed by atoms with E-state index in [0.717, 1.165) is 22.2 Å². The molecule has 3 rings (SSSR count). The van der Waals surface area contributed by atoms with Gasteiger partial charge in [-0.15, -0.1) is 0 Å². The van der Waals surface area contributed by atoms with Crippen LogP contribution in [0, 0.1) is 6.92 Å². The van der Waals surface area contributed by atoms with E-state index >= 15 is 0 Å². The highest BCUT2D eigenvalue weighted by Gasteiger charge is 2.17. The molecule has 0 atom stereocenters. The number of rotatable bonds is 5. The van der Waals surface area contributed by atoms with Crippen LogP contribution in [0.3, 0.4) is 0 Å². The maximum atomic E-state index is 12.0. The first-order valence-electron chi connectivity index (χ1n) is 7.69. The molecule has 0 saturated heterocycles. The second-order valence-electron chi connectivity index (χ2n) is 5.86. The Labute approximate surface area is 143 Å². The number of hydrogen-bond acceptors (Lipinski definition) is 5. The van der Waals surface area contributed by atoms with E-state index in [1.807, 2.05) is 19.1 Å². The van der Waals surface area contributed by atoms with Crippen molar-refractivity contribution in [1.29, 1.82) is 0 Å². The predicted molar refractivity (Wildman–Crippen MR) is 91.3 cm³/mol. The number of fused-ring (bicyclic) bond motifs is 1. The van der Waals surface area contributed by atoms with Crippen LogP contribution in [0.4, 0.5) is 0 Å². The van der Waals surface area contributed by atoms with Gasteiger partial charge in [-0.25, -0.2) is 9.97 Å². The number of aromatic nitrogens is 3. The summed E-state index contributed by atoms with van der Waals surface area (Å²) in [4.78, 5) is 31.2. The van der Waals surface area contributed by atoms with Gasteiger partial charge in [0, 0.05) is 35.1 Å². The molecule has 2 aromatic heterocycles. The summed E-state index contributed by atoms with van der Waals surface area (Å²) in [5.74, 6) is -0.764. The molecule has 0 fully saturated rings. The molecule has 128 valence electrons. The van der Waals surface area contributed by atoms with E-state index in [4.69, 9.17) is 10.2 Å². The van der Waals surface area contributed by atoms with Gasteiger partial charge in [-0.1, -0.05) is 0 Å². The monoisotopic (exact) mass is 339 g/mol. The van der Waals surface area contributed by atoms with Crippen LogP contribution in [0.2, 0.25) is 0 Å². The lowest BCUT2D eigenvalue weighted by Crippen LogP contribution is -2.08. The van der Waals surface area contributed by atoms with Gasteiger partial charge in [-0.05, 0) is 37.1 Å². The quantitative estimate of drug-likeness (QED) is 0.690. The Morgan fingerprint density at radius 2 is 1.84 bits per heavy atom. The summed E-state index contributed by atoms with van der Waals surface area (Å²) in [7, 11) is 0. The lowest BCUT2D eigenvalue weighted by Gasteiger charge is -2.08. The van der Waals surface area contributed by atoms with Crippen molar-refractivity contribution >= 4 is 22.7 Å². The maximum absolute atomic E-state index is 12.0. The number of benzene rings is 1. The Hall–Kier alpha value is -3.06. The molecule has 0 aliphatic carbocycles. The molecule has 7 heteroatoms. The van der Waals surface area contributed by atoms with E-state index in [1.54, 1.807) is 23.2 Å². The van der Waals surface area contributed by atoms with Crippen LogP contribution in [-0.2, 0) is 17.9 Å². The highest BCUT2D eigenvalue weighted by molar-refractivity contribution is 6.08. The largest absolute Gasteiger partial charge is 0.480 e. The van der Waals surface area contributed by atoms with Gasteiger partial charge in [0.25, 0.3) is 0 Å². The summed E-state index contributed by atoms with van der Waals surface area (Å²) in [6.07, 6.45) is 4.81. The lowest BCUT2D eigenvalue weighted by atomic mass is 10.0. The van der Waals surface area contributed by atoms with Crippen molar-refractivity contribution in [2.24, 2.45) is 0 Å². The number of Topliss-reactive ketones (excluding diaryl/α,β-unsaturated/α-hetero) is 1. The third-order valence-electron chi connectivity index (χ3n) is 4.03. The molecular formula is C18H17N3O4. The topological polar surface area (TPSA) is 105 Å². The van der Waals surface area contributed by atoms with Crippen molar-refractivity contribution < 1.29 is 19.8 Å². The number of carbonyl (C=O) groups excluding carboxylic acids is 1. The number of aliphatic hydroxyl groups excluding tert-OH is 1. The lowest BCUT2D eigenvalue weighted by molar-refractivity contribution is -0.137. The summed E-state index contributed by atoms with van der Waals surface area (Å²) in [6, 6.07) is 3.75. The normalized spacial score (nSPS) is 11.0. The van der Waals surface area contributed by atoms with Crippen molar-refractivity contribution in [3.05, 3.63) is 47.7 Å². The minimum absolute atomic E-state index is 0.127. The molecule has 0 bridgehead atoms.